The fraction of sp³-hybridized carbons (Fsp3) is 0.429. The zero-order valence-electron chi connectivity index (χ0n) is 11.5. The van der Waals surface area contributed by atoms with Gasteiger partial charge in [-0.2, -0.15) is 0 Å². The van der Waals surface area contributed by atoms with Gasteiger partial charge in [0, 0.05) is 17.9 Å². The predicted molar refractivity (Wildman–Crippen MR) is 76.3 cm³/mol. The average molecular weight is 277 g/mol. The van der Waals surface area contributed by atoms with E-state index in [2.05, 4.69) is 42.2 Å². The Balaban J connectivity index is 2.23. The topological polar surface area (TPSA) is 64.9 Å². The first kappa shape index (κ1) is 14.1. The van der Waals surface area contributed by atoms with Crippen LogP contribution >= 0.6 is 11.8 Å². The molecular formula is C14H19N3OS. The zero-order valence-corrected chi connectivity index (χ0v) is 12.3. The lowest BCUT2D eigenvalue weighted by molar-refractivity contribution is 0.429. The molecule has 0 radical (unpaired) electrons. The first-order valence-electron chi connectivity index (χ1n) is 6.41. The predicted octanol–water partition coefficient (Wildman–Crippen LogP) is 3.12. The van der Waals surface area contributed by atoms with Crippen LogP contribution in [0.2, 0.25) is 0 Å². The lowest BCUT2D eigenvalue weighted by atomic mass is 10.0. The molecule has 5 heteroatoms. The minimum Gasteiger partial charge on any atom is -0.416 e. The first-order chi connectivity index (χ1) is 9.08. The highest BCUT2D eigenvalue weighted by molar-refractivity contribution is 7.99. The summed E-state index contributed by atoms with van der Waals surface area (Å²) < 4.78 is 5.41. The quantitative estimate of drug-likeness (QED) is 0.909. The van der Waals surface area contributed by atoms with Gasteiger partial charge < -0.3 is 10.2 Å². The van der Waals surface area contributed by atoms with Crippen molar-refractivity contribution >= 4 is 11.8 Å². The number of hydrogen-bond donors (Lipinski definition) is 1. The van der Waals surface area contributed by atoms with Gasteiger partial charge in [0.25, 0.3) is 5.22 Å². The summed E-state index contributed by atoms with van der Waals surface area (Å²) in [5.41, 5.74) is 8.55. The molecule has 0 aliphatic heterocycles. The number of aromatic nitrogens is 2. The fourth-order valence-electron chi connectivity index (χ4n) is 1.81. The zero-order chi connectivity index (χ0) is 13.8. The van der Waals surface area contributed by atoms with E-state index in [0.29, 0.717) is 11.1 Å². The van der Waals surface area contributed by atoms with Crippen LogP contribution in [0.1, 0.15) is 30.4 Å². The van der Waals surface area contributed by atoms with Crippen molar-refractivity contribution in [3.8, 4) is 0 Å². The van der Waals surface area contributed by atoms with Gasteiger partial charge in [-0.05, 0) is 43.2 Å². The summed E-state index contributed by atoms with van der Waals surface area (Å²) in [5.74, 6) is 0.585. The Bertz CT molecular complexity index is 553. The normalized spacial score (nSPS) is 12.6. The molecule has 1 aromatic carbocycles. The van der Waals surface area contributed by atoms with Gasteiger partial charge in [0.05, 0.1) is 0 Å². The maximum absolute atomic E-state index is 6.06. The third-order valence-electron chi connectivity index (χ3n) is 2.93. The van der Waals surface area contributed by atoms with Crippen LogP contribution in [0.4, 0.5) is 0 Å². The van der Waals surface area contributed by atoms with E-state index in [4.69, 9.17) is 10.2 Å². The van der Waals surface area contributed by atoms with E-state index in [1.165, 1.54) is 22.9 Å². The Kier molecular flexibility index (Phi) is 4.61. The van der Waals surface area contributed by atoms with E-state index < -0.39 is 0 Å². The van der Waals surface area contributed by atoms with Crippen LogP contribution in [-0.4, -0.2) is 16.2 Å². The van der Waals surface area contributed by atoms with Gasteiger partial charge >= 0.3 is 0 Å². The number of benzene rings is 1. The standard InChI is InChI=1S/C14H19N3OS/c1-4-12(15)8-11-7-9(2)5-6-13(11)19-14-17-16-10(3)18-14/h5-7,12H,4,8,15H2,1-3H3. The largest absolute Gasteiger partial charge is 0.416 e. The molecule has 0 spiro atoms. The summed E-state index contributed by atoms with van der Waals surface area (Å²) in [6.45, 7) is 5.99. The summed E-state index contributed by atoms with van der Waals surface area (Å²) in [6, 6.07) is 6.55. The van der Waals surface area contributed by atoms with Crippen molar-refractivity contribution < 1.29 is 4.42 Å². The summed E-state index contributed by atoms with van der Waals surface area (Å²) in [4.78, 5) is 1.14. The number of rotatable bonds is 5. The molecule has 4 nitrogen and oxygen atoms in total. The van der Waals surface area contributed by atoms with Crippen LogP contribution in [0.15, 0.2) is 32.7 Å². The lowest BCUT2D eigenvalue weighted by Gasteiger charge is -2.12. The fourth-order valence-corrected chi connectivity index (χ4v) is 2.65. The smallest absolute Gasteiger partial charge is 0.281 e. The monoisotopic (exact) mass is 277 g/mol. The van der Waals surface area contributed by atoms with Crippen molar-refractivity contribution in [3.05, 3.63) is 35.2 Å². The van der Waals surface area contributed by atoms with Crippen molar-refractivity contribution in [2.45, 2.75) is 49.8 Å². The molecule has 0 saturated carbocycles. The molecule has 0 saturated heterocycles. The molecule has 1 aromatic heterocycles. The highest BCUT2D eigenvalue weighted by Gasteiger charge is 2.11. The Morgan fingerprint density at radius 1 is 1.32 bits per heavy atom. The lowest BCUT2D eigenvalue weighted by Crippen LogP contribution is -2.21. The highest BCUT2D eigenvalue weighted by atomic mass is 32.2. The molecule has 2 rings (SSSR count). The van der Waals surface area contributed by atoms with Gasteiger partial charge in [-0.15, -0.1) is 10.2 Å². The minimum absolute atomic E-state index is 0.186. The average Bonchev–Trinajstić information content (AvgIpc) is 2.78. The molecular weight excluding hydrogens is 258 g/mol. The van der Waals surface area contributed by atoms with Crippen molar-refractivity contribution in [1.29, 1.82) is 0 Å². The van der Waals surface area contributed by atoms with Gasteiger partial charge in [0.15, 0.2) is 0 Å². The Morgan fingerprint density at radius 3 is 2.74 bits per heavy atom. The maximum atomic E-state index is 6.06. The van der Waals surface area contributed by atoms with Crippen molar-refractivity contribution in [2.24, 2.45) is 5.73 Å². The van der Waals surface area contributed by atoms with Crippen molar-refractivity contribution in [2.75, 3.05) is 0 Å². The minimum atomic E-state index is 0.186. The molecule has 0 fully saturated rings. The van der Waals surface area contributed by atoms with Gasteiger partial charge in [0.2, 0.25) is 5.89 Å². The SMILES string of the molecule is CCC(N)Cc1cc(C)ccc1Sc1nnc(C)o1. The summed E-state index contributed by atoms with van der Waals surface area (Å²) in [7, 11) is 0. The van der Waals surface area contributed by atoms with Crippen LogP contribution in [0, 0.1) is 13.8 Å². The third-order valence-corrected chi connectivity index (χ3v) is 3.89. The molecule has 1 heterocycles. The van der Waals surface area contributed by atoms with Gasteiger partial charge in [-0.1, -0.05) is 24.6 Å². The summed E-state index contributed by atoms with van der Waals surface area (Å²) >= 11 is 1.50. The second kappa shape index (κ2) is 6.21. The van der Waals surface area contributed by atoms with Crippen LogP contribution in [0.3, 0.4) is 0 Å². The van der Waals surface area contributed by atoms with Crippen LogP contribution < -0.4 is 5.73 Å². The molecule has 0 aliphatic rings. The van der Waals surface area contributed by atoms with E-state index in [0.717, 1.165) is 17.7 Å². The third kappa shape index (κ3) is 3.81. The van der Waals surface area contributed by atoms with Gasteiger partial charge in [0.1, 0.15) is 0 Å². The van der Waals surface area contributed by atoms with E-state index in [-0.39, 0.29) is 6.04 Å². The first-order valence-corrected chi connectivity index (χ1v) is 7.23. The van der Waals surface area contributed by atoms with Crippen molar-refractivity contribution in [3.63, 3.8) is 0 Å². The summed E-state index contributed by atoms with van der Waals surface area (Å²) in [6.07, 6.45) is 1.84. The van der Waals surface area contributed by atoms with Crippen LogP contribution in [0.25, 0.3) is 0 Å². The van der Waals surface area contributed by atoms with Crippen LogP contribution in [0.5, 0.6) is 0 Å². The Hall–Kier alpha value is -1.33. The number of nitrogens with two attached hydrogens (primary N) is 1. The molecule has 0 aliphatic carbocycles. The van der Waals surface area contributed by atoms with Crippen LogP contribution in [-0.2, 0) is 6.42 Å². The molecule has 102 valence electrons. The number of aryl methyl sites for hydroxylation is 2. The molecule has 2 N–H and O–H groups in total. The van der Waals surface area contributed by atoms with Gasteiger partial charge in [-0.3, -0.25) is 0 Å². The molecule has 1 atom stereocenters. The second-order valence-corrected chi connectivity index (χ2v) is 5.67. The maximum Gasteiger partial charge on any atom is 0.281 e. The van der Waals surface area contributed by atoms with E-state index >= 15 is 0 Å². The number of nitrogens with zero attached hydrogens (tertiary/aromatic N) is 2. The number of hydrogen-bond acceptors (Lipinski definition) is 5. The molecule has 0 bridgehead atoms. The second-order valence-electron chi connectivity index (χ2n) is 4.67. The summed E-state index contributed by atoms with van der Waals surface area (Å²) in [5, 5.41) is 8.44. The van der Waals surface area contributed by atoms with E-state index in [9.17, 15) is 0 Å². The van der Waals surface area contributed by atoms with E-state index in [1.54, 1.807) is 6.92 Å². The molecule has 0 amide bonds. The molecule has 2 aromatic rings. The van der Waals surface area contributed by atoms with E-state index in [1.807, 2.05) is 0 Å². The highest BCUT2D eigenvalue weighted by Crippen LogP contribution is 2.30. The molecule has 1 unspecified atom stereocenters. The molecule has 19 heavy (non-hydrogen) atoms. The van der Waals surface area contributed by atoms with Gasteiger partial charge in [-0.25, -0.2) is 0 Å². The van der Waals surface area contributed by atoms with Crippen molar-refractivity contribution in [1.82, 2.24) is 10.2 Å². The Morgan fingerprint density at radius 2 is 2.11 bits per heavy atom. The Labute approximate surface area is 117 Å².